The first kappa shape index (κ1) is 31.1. The van der Waals surface area contributed by atoms with Crippen molar-refractivity contribution in [2.45, 2.75) is 52.4 Å². The van der Waals surface area contributed by atoms with E-state index >= 15 is 0 Å². The first-order chi connectivity index (χ1) is 23.0. The molecule has 4 heteroatoms. The molecule has 0 saturated carbocycles. The van der Waals surface area contributed by atoms with E-state index in [2.05, 4.69) is 119 Å². The molecule has 2 heterocycles. The van der Waals surface area contributed by atoms with Gasteiger partial charge in [-0.15, -0.1) is 0 Å². The molecule has 0 atom stereocenters. The third-order valence-electron chi connectivity index (χ3n) is 9.08. The van der Waals surface area contributed by atoms with Crippen molar-refractivity contribution in [1.82, 2.24) is 14.5 Å². The second-order valence-corrected chi connectivity index (χ2v) is 14.6. The molecule has 5 aromatic carbocycles. The van der Waals surface area contributed by atoms with Crippen LogP contribution in [0.4, 0.5) is 0 Å². The van der Waals surface area contributed by atoms with Crippen LogP contribution in [-0.4, -0.2) is 19.6 Å². The standard InChI is InChI=1S/C44H41N3O/c1-43(2,3)33-22-23-45-38(28-33)32-24-31(25-34(26-32)44(4,5)6)36-18-13-19-39-41(36)46-42(47(39)35-16-11-8-12-17-35)37-27-30(20-21-40(37)48)29-14-9-7-10-15-29/h7-28,48H,1-6H3. The number of hydrogen-bond donors (Lipinski definition) is 1. The zero-order valence-electron chi connectivity index (χ0n) is 28.5. The number of phenolic OH excluding ortho intramolecular Hbond substituents is 1. The number of hydrogen-bond acceptors (Lipinski definition) is 3. The minimum atomic E-state index is -0.0848. The quantitative estimate of drug-likeness (QED) is 0.207. The maximum Gasteiger partial charge on any atom is 0.149 e. The number of nitrogens with zero attached hydrogens (tertiary/aromatic N) is 3. The van der Waals surface area contributed by atoms with Crippen molar-refractivity contribution in [2.75, 3.05) is 0 Å². The van der Waals surface area contributed by atoms with Gasteiger partial charge in [0.25, 0.3) is 0 Å². The van der Waals surface area contributed by atoms with E-state index in [4.69, 9.17) is 9.97 Å². The molecule has 238 valence electrons. The van der Waals surface area contributed by atoms with Crippen LogP contribution in [0.3, 0.4) is 0 Å². The molecule has 4 nitrogen and oxygen atoms in total. The van der Waals surface area contributed by atoms with Gasteiger partial charge < -0.3 is 5.11 Å². The Bertz CT molecular complexity index is 2250. The van der Waals surface area contributed by atoms with Crippen LogP contribution in [0.15, 0.2) is 134 Å². The lowest BCUT2D eigenvalue weighted by Crippen LogP contribution is -2.12. The fourth-order valence-electron chi connectivity index (χ4n) is 6.30. The summed E-state index contributed by atoms with van der Waals surface area (Å²) in [4.78, 5) is 10.2. The minimum absolute atomic E-state index is 0.0117. The monoisotopic (exact) mass is 627 g/mol. The summed E-state index contributed by atoms with van der Waals surface area (Å²) in [6.07, 6.45) is 1.92. The second-order valence-electron chi connectivity index (χ2n) is 14.6. The third kappa shape index (κ3) is 5.91. The molecule has 0 aliphatic rings. The lowest BCUT2D eigenvalue weighted by atomic mass is 9.83. The summed E-state index contributed by atoms with van der Waals surface area (Å²) in [5.74, 6) is 0.871. The first-order valence-electron chi connectivity index (χ1n) is 16.6. The van der Waals surface area contributed by atoms with Crippen LogP contribution >= 0.6 is 0 Å². The average Bonchev–Trinajstić information content (AvgIpc) is 3.48. The number of pyridine rings is 1. The highest BCUT2D eigenvalue weighted by molar-refractivity contribution is 5.97. The zero-order valence-corrected chi connectivity index (χ0v) is 28.5. The maximum absolute atomic E-state index is 11.3. The van der Waals surface area contributed by atoms with Gasteiger partial charge in [0, 0.05) is 23.0 Å². The van der Waals surface area contributed by atoms with Crippen molar-refractivity contribution in [1.29, 1.82) is 0 Å². The fraction of sp³-hybridized carbons (Fsp3) is 0.182. The second kappa shape index (κ2) is 12.0. The van der Waals surface area contributed by atoms with Gasteiger partial charge in [0.2, 0.25) is 0 Å². The Hall–Kier alpha value is -5.48. The SMILES string of the molecule is CC(C)(C)c1cc(-c2cc(C(C)(C)C)ccn2)cc(-c2cccc3c2nc(-c2cc(-c4ccccc4)ccc2O)n3-c2ccccc2)c1. The molecule has 0 aliphatic carbocycles. The summed E-state index contributed by atoms with van der Waals surface area (Å²) in [5.41, 5.74) is 12.1. The van der Waals surface area contributed by atoms with Crippen molar-refractivity contribution in [2.24, 2.45) is 0 Å². The molecule has 48 heavy (non-hydrogen) atoms. The van der Waals surface area contributed by atoms with Crippen LogP contribution in [0.2, 0.25) is 0 Å². The highest BCUT2D eigenvalue weighted by atomic mass is 16.3. The number of benzene rings is 5. The van der Waals surface area contributed by atoms with Gasteiger partial charge in [-0.3, -0.25) is 9.55 Å². The number of imidazole rings is 1. The van der Waals surface area contributed by atoms with E-state index in [0.29, 0.717) is 11.4 Å². The Morgan fingerprint density at radius 2 is 1.23 bits per heavy atom. The highest BCUT2D eigenvalue weighted by Crippen LogP contribution is 2.41. The minimum Gasteiger partial charge on any atom is -0.507 e. The van der Waals surface area contributed by atoms with E-state index in [1.165, 1.54) is 11.1 Å². The largest absolute Gasteiger partial charge is 0.507 e. The molecule has 0 unspecified atom stereocenters. The van der Waals surface area contributed by atoms with Gasteiger partial charge >= 0.3 is 0 Å². The van der Waals surface area contributed by atoms with Gasteiger partial charge in [-0.05, 0) is 93.2 Å². The van der Waals surface area contributed by atoms with E-state index in [-0.39, 0.29) is 16.6 Å². The fourth-order valence-corrected chi connectivity index (χ4v) is 6.30. The Labute approximate surface area is 283 Å². The summed E-state index contributed by atoms with van der Waals surface area (Å²) in [6.45, 7) is 13.5. The van der Waals surface area contributed by atoms with E-state index < -0.39 is 0 Å². The van der Waals surface area contributed by atoms with E-state index in [1.807, 2.05) is 54.7 Å². The molecule has 0 fully saturated rings. The number of rotatable bonds is 5. The van der Waals surface area contributed by atoms with Gasteiger partial charge in [-0.25, -0.2) is 4.98 Å². The van der Waals surface area contributed by atoms with Crippen LogP contribution in [0.1, 0.15) is 52.7 Å². The summed E-state index contributed by atoms with van der Waals surface area (Å²) in [7, 11) is 0. The number of fused-ring (bicyclic) bond motifs is 1. The Morgan fingerprint density at radius 3 is 1.94 bits per heavy atom. The van der Waals surface area contributed by atoms with Crippen LogP contribution in [-0.2, 0) is 10.8 Å². The predicted molar refractivity (Wildman–Crippen MR) is 200 cm³/mol. The van der Waals surface area contributed by atoms with Crippen LogP contribution in [0.5, 0.6) is 5.75 Å². The van der Waals surface area contributed by atoms with Gasteiger partial charge in [0.1, 0.15) is 11.6 Å². The van der Waals surface area contributed by atoms with Crippen molar-refractivity contribution in [3.05, 3.63) is 145 Å². The summed E-state index contributed by atoms with van der Waals surface area (Å²) in [5, 5.41) is 11.3. The maximum atomic E-state index is 11.3. The zero-order chi connectivity index (χ0) is 33.6. The topological polar surface area (TPSA) is 50.9 Å². The molecule has 0 bridgehead atoms. The molecule has 2 aromatic heterocycles. The predicted octanol–water partition coefficient (Wildman–Crippen LogP) is 11.4. The number of aromatic nitrogens is 3. The summed E-state index contributed by atoms with van der Waals surface area (Å²) in [6, 6.07) is 43.8. The van der Waals surface area contributed by atoms with E-state index in [9.17, 15) is 5.11 Å². The van der Waals surface area contributed by atoms with Crippen LogP contribution in [0.25, 0.3) is 61.6 Å². The Kier molecular flexibility index (Phi) is 7.75. The van der Waals surface area contributed by atoms with Crippen molar-refractivity contribution in [3.63, 3.8) is 0 Å². The molecular formula is C44H41N3O. The molecule has 0 amide bonds. The summed E-state index contributed by atoms with van der Waals surface area (Å²) >= 11 is 0. The van der Waals surface area contributed by atoms with Gasteiger partial charge in [0.05, 0.1) is 22.3 Å². The van der Waals surface area contributed by atoms with E-state index in [0.717, 1.165) is 50.2 Å². The smallest absolute Gasteiger partial charge is 0.149 e. The third-order valence-corrected chi connectivity index (χ3v) is 9.08. The lowest BCUT2D eigenvalue weighted by Gasteiger charge is -2.23. The molecule has 7 aromatic rings. The van der Waals surface area contributed by atoms with E-state index in [1.54, 1.807) is 6.07 Å². The van der Waals surface area contributed by atoms with Crippen LogP contribution in [0, 0.1) is 0 Å². The lowest BCUT2D eigenvalue weighted by molar-refractivity contribution is 0.477. The number of aromatic hydroxyl groups is 1. The number of para-hydroxylation sites is 2. The Balaban J connectivity index is 1.49. The Morgan fingerprint density at radius 1 is 0.542 bits per heavy atom. The van der Waals surface area contributed by atoms with Crippen LogP contribution < -0.4 is 0 Å². The van der Waals surface area contributed by atoms with Crippen molar-refractivity contribution >= 4 is 11.0 Å². The average molecular weight is 628 g/mol. The summed E-state index contributed by atoms with van der Waals surface area (Å²) < 4.78 is 2.16. The molecule has 0 saturated heterocycles. The highest BCUT2D eigenvalue weighted by Gasteiger charge is 2.23. The van der Waals surface area contributed by atoms with Crippen molar-refractivity contribution in [3.8, 4) is 56.3 Å². The van der Waals surface area contributed by atoms with Crippen molar-refractivity contribution < 1.29 is 5.11 Å². The molecule has 0 radical (unpaired) electrons. The van der Waals surface area contributed by atoms with Gasteiger partial charge in [-0.2, -0.15) is 0 Å². The molecule has 0 aliphatic heterocycles. The normalized spacial score (nSPS) is 12.0. The molecule has 7 rings (SSSR count). The molecule has 0 spiro atoms. The van der Waals surface area contributed by atoms with Gasteiger partial charge in [0.15, 0.2) is 0 Å². The first-order valence-corrected chi connectivity index (χ1v) is 16.6. The molecule has 1 N–H and O–H groups in total. The number of phenols is 1. The molecular weight excluding hydrogens is 587 g/mol. The van der Waals surface area contributed by atoms with Gasteiger partial charge in [-0.1, -0.05) is 114 Å².